The first kappa shape index (κ1) is 19.5. The maximum atomic E-state index is 12.4. The van der Waals surface area contributed by atoms with E-state index in [1.54, 1.807) is 18.3 Å². The van der Waals surface area contributed by atoms with Gasteiger partial charge in [0, 0.05) is 35.5 Å². The molecule has 4 rings (SSSR count). The van der Waals surface area contributed by atoms with Crippen molar-refractivity contribution >= 4 is 23.5 Å². The van der Waals surface area contributed by atoms with Crippen LogP contribution in [0.3, 0.4) is 0 Å². The number of hydrazone groups is 1. The van der Waals surface area contributed by atoms with E-state index in [4.69, 9.17) is 0 Å². The van der Waals surface area contributed by atoms with Gasteiger partial charge in [0.2, 0.25) is 0 Å². The Bertz CT molecular complexity index is 956. The number of amides is 1. The van der Waals surface area contributed by atoms with Crippen molar-refractivity contribution in [3.8, 4) is 5.75 Å². The minimum absolute atomic E-state index is 0.265. The molecule has 0 spiro atoms. The van der Waals surface area contributed by atoms with Crippen LogP contribution in [-0.4, -0.2) is 51.5 Å². The molecule has 0 fully saturated rings. The Morgan fingerprint density at radius 3 is 2.52 bits per heavy atom. The molecule has 152 valence electrons. The molecule has 0 saturated heterocycles. The molecule has 0 radical (unpaired) electrons. The number of phenolic OH excluding ortho intramolecular Hbond substituents is 1. The monoisotopic (exact) mass is 393 g/mol. The van der Waals surface area contributed by atoms with Gasteiger partial charge in [-0.1, -0.05) is 0 Å². The Morgan fingerprint density at radius 1 is 1.14 bits per heavy atom. The zero-order valence-electron chi connectivity index (χ0n) is 17.4. The minimum Gasteiger partial charge on any atom is -0.507 e. The quantitative estimate of drug-likeness (QED) is 0.477. The van der Waals surface area contributed by atoms with Gasteiger partial charge in [-0.15, -0.1) is 0 Å². The third-order valence-electron chi connectivity index (χ3n) is 5.80. The second-order valence-electron chi connectivity index (χ2n) is 8.75. The van der Waals surface area contributed by atoms with Gasteiger partial charge in [-0.3, -0.25) is 9.28 Å². The molecule has 0 atom stereocenters. The fourth-order valence-electron chi connectivity index (χ4n) is 4.25. The van der Waals surface area contributed by atoms with E-state index < -0.39 is 0 Å². The van der Waals surface area contributed by atoms with E-state index in [1.165, 1.54) is 11.3 Å². The number of quaternary nitrogens is 1. The van der Waals surface area contributed by atoms with Gasteiger partial charge in [0.1, 0.15) is 11.4 Å². The maximum absolute atomic E-state index is 12.4. The van der Waals surface area contributed by atoms with Gasteiger partial charge in [0.15, 0.2) is 0 Å². The van der Waals surface area contributed by atoms with Crippen molar-refractivity contribution < 1.29 is 9.90 Å². The largest absolute Gasteiger partial charge is 0.507 e. The van der Waals surface area contributed by atoms with Crippen LogP contribution in [0.15, 0.2) is 35.4 Å². The van der Waals surface area contributed by atoms with Crippen molar-refractivity contribution in [3.63, 3.8) is 0 Å². The molecule has 6 heteroatoms. The number of aryl methyl sites for hydroxylation is 1. The lowest BCUT2D eigenvalue weighted by Gasteiger charge is -2.37. The van der Waals surface area contributed by atoms with Crippen molar-refractivity contribution in [3.05, 3.63) is 52.6 Å². The lowest BCUT2D eigenvalue weighted by molar-refractivity contribution is 0.0955. The summed E-state index contributed by atoms with van der Waals surface area (Å²) in [4.78, 5) is 14.8. The number of nitrogens with one attached hydrogen (secondary N) is 1. The Labute approximate surface area is 172 Å². The highest BCUT2D eigenvalue weighted by molar-refractivity contribution is 5.95. The zero-order chi connectivity index (χ0) is 20.6. The fraction of sp³-hybridized carbons (Fsp3) is 0.391. The molecule has 2 N–H and O–H groups in total. The lowest BCUT2D eigenvalue weighted by Crippen LogP contribution is -2.34. The number of carbonyl (C=O) groups excluding carboxylic acids is 1. The number of nitrogens with zero attached hydrogens (tertiary/aromatic N) is 3. The lowest BCUT2D eigenvalue weighted by atomic mass is 9.89. The van der Waals surface area contributed by atoms with E-state index in [-0.39, 0.29) is 5.91 Å². The Balaban J connectivity index is 1.51. The van der Waals surface area contributed by atoms with Crippen molar-refractivity contribution in [1.29, 1.82) is 0 Å². The molecule has 0 aromatic heterocycles. The molecular weight excluding hydrogens is 364 g/mol. The van der Waals surface area contributed by atoms with Crippen molar-refractivity contribution in [2.45, 2.75) is 25.7 Å². The van der Waals surface area contributed by atoms with Gasteiger partial charge in [-0.2, -0.15) is 5.10 Å². The molecule has 29 heavy (non-hydrogen) atoms. The summed E-state index contributed by atoms with van der Waals surface area (Å²) in [7, 11) is 6.24. The predicted octanol–water partition coefficient (Wildman–Crippen LogP) is 3.05. The normalized spacial score (nSPS) is 16.0. The van der Waals surface area contributed by atoms with Crippen LogP contribution < -0.4 is 14.8 Å². The van der Waals surface area contributed by atoms with E-state index in [0.29, 0.717) is 21.4 Å². The Morgan fingerprint density at radius 2 is 1.83 bits per heavy atom. The average Bonchev–Trinajstić information content (AvgIpc) is 2.71. The smallest absolute Gasteiger partial charge is 0.271 e. The fourth-order valence-corrected chi connectivity index (χ4v) is 4.25. The van der Waals surface area contributed by atoms with E-state index >= 15 is 0 Å². The number of rotatable bonds is 4. The van der Waals surface area contributed by atoms with Crippen LogP contribution in [0.2, 0.25) is 0 Å². The number of phenols is 1. The summed E-state index contributed by atoms with van der Waals surface area (Å²) < 4.78 is 0.692. The van der Waals surface area contributed by atoms with Gasteiger partial charge in [0.05, 0.1) is 27.4 Å². The Hall–Kier alpha value is -2.86. The molecule has 0 aliphatic carbocycles. The Kier molecular flexibility index (Phi) is 5.04. The van der Waals surface area contributed by atoms with Crippen LogP contribution in [0.4, 0.5) is 11.4 Å². The van der Waals surface area contributed by atoms with Crippen molar-refractivity contribution in [2.75, 3.05) is 39.1 Å². The summed E-state index contributed by atoms with van der Waals surface area (Å²) in [5.74, 6) is 0.0276. The summed E-state index contributed by atoms with van der Waals surface area (Å²) >= 11 is 0. The van der Waals surface area contributed by atoms with Gasteiger partial charge < -0.3 is 10.0 Å². The van der Waals surface area contributed by atoms with Gasteiger partial charge in [-0.25, -0.2) is 5.43 Å². The molecule has 2 aromatic rings. The maximum Gasteiger partial charge on any atom is 0.271 e. The first-order valence-electron chi connectivity index (χ1n) is 10.2. The minimum atomic E-state index is -0.265. The van der Waals surface area contributed by atoms with Crippen LogP contribution in [0.25, 0.3) is 0 Å². The van der Waals surface area contributed by atoms with Crippen LogP contribution in [0.5, 0.6) is 5.75 Å². The van der Waals surface area contributed by atoms with E-state index in [9.17, 15) is 9.90 Å². The SMILES string of the molecule is C[N+](C)(C)c1ccc(C(=O)N/N=C/c2cc3c4c(c2O)CCCN4CCC3)cc1. The summed E-state index contributed by atoms with van der Waals surface area (Å²) in [6, 6.07) is 9.52. The molecular formula is C23H29N4O2+. The van der Waals surface area contributed by atoms with Crippen LogP contribution in [0, 0.1) is 0 Å². The van der Waals surface area contributed by atoms with Crippen molar-refractivity contribution in [2.24, 2.45) is 5.10 Å². The summed E-state index contributed by atoms with van der Waals surface area (Å²) in [6.07, 6.45) is 5.65. The van der Waals surface area contributed by atoms with E-state index in [1.807, 2.05) is 18.2 Å². The molecule has 0 unspecified atom stereocenters. The van der Waals surface area contributed by atoms with E-state index in [2.05, 4.69) is 36.6 Å². The molecule has 6 nitrogen and oxygen atoms in total. The topological polar surface area (TPSA) is 64.9 Å². The highest BCUT2D eigenvalue weighted by atomic mass is 16.3. The molecule has 2 heterocycles. The van der Waals surface area contributed by atoms with Crippen LogP contribution in [0.1, 0.15) is 39.9 Å². The van der Waals surface area contributed by atoms with Crippen LogP contribution >= 0.6 is 0 Å². The summed E-state index contributed by atoms with van der Waals surface area (Å²) in [5, 5.41) is 14.9. The molecule has 2 aliphatic rings. The predicted molar refractivity (Wildman–Crippen MR) is 118 cm³/mol. The number of aromatic hydroxyl groups is 1. The van der Waals surface area contributed by atoms with E-state index in [0.717, 1.165) is 50.0 Å². The number of hydrogen-bond acceptors (Lipinski definition) is 4. The number of carbonyl (C=O) groups is 1. The summed E-state index contributed by atoms with van der Waals surface area (Å²) in [5.41, 5.74) is 8.44. The second kappa shape index (κ2) is 7.52. The zero-order valence-corrected chi connectivity index (χ0v) is 17.4. The first-order valence-corrected chi connectivity index (χ1v) is 10.2. The molecule has 2 aromatic carbocycles. The standard InChI is InChI=1S/C23H28N4O2/c1-27(2,3)19-10-8-16(9-11-19)23(29)25-24-15-18-14-17-6-4-12-26-13-5-7-20(21(17)26)22(18)28/h8-11,14-15H,4-7,12-13H2,1-3H3,(H-,24,25,28,29)/p+1. The molecule has 2 aliphatic heterocycles. The third kappa shape index (κ3) is 3.85. The first-order chi connectivity index (χ1) is 13.8. The summed E-state index contributed by atoms with van der Waals surface area (Å²) in [6.45, 7) is 2.13. The average molecular weight is 394 g/mol. The van der Waals surface area contributed by atoms with Crippen molar-refractivity contribution in [1.82, 2.24) is 9.91 Å². The molecule has 0 saturated carbocycles. The third-order valence-corrected chi connectivity index (χ3v) is 5.80. The number of anilines is 1. The highest BCUT2D eigenvalue weighted by Crippen LogP contribution is 2.41. The van der Waals surface area contributed by atoms with Gasteiger partial charge >= 0.3 is 0 Å². The second-order valence-corrected chi connectivity index (χ2v) is 8.75. The number of hydrogen-bond donors (Lipinski definition) is 2. The van der Waals surface area contributed by atoms with Crippen LogP contribution in [-0.2, 0) is 12.8 Å². The molecule has 1 amide bonds. The highest BCUT2D eigenvalue weighted by Gasteiger charge is 2.27. The number of benzene rings is 2. The van der Waals surface area contributed by atoms with Gasteiger partial charge in [0.25, 0.3) is 5.91 Å². The molecule has 0 bridgehead atoms. The van der Waals surface area contributed by atoms with Gasteiger partial charge in [-0.05, 0) is 61.6 Å².